The van der Waals surface area contributed by atoms with Crippen molar-refractivity contribution in [1.82, 2.24) is 4.90 Å². The Balaban J connectivity index is 1.78. The number of likely N-dealkylation sites (tertiary alicyclic amines) is 1. The number of nitrogens with zero attached hydrogens (tertiary/aromatic N) is 1. The van der Waals surface area contributed by atoms with Crippen LogP contribution in [0, 0.1) is 11.8 Å². The van der Waals surface area contributed by atoms with Crippen molar-refractivity contribution < 1.29 is 4.79 Å². The molecule has 2 fully saturated rings. The molecule has 0 aromatic carbocycles. The molecule has 2 rings (SSSR count). The van der Waals surface area contributed by atoms with Crippen molar-refractivity contribution in [2.75, 3.05) is 19.6 Å². The van der Waals surface area contributed by atoms with Crippen LogP contribution in [0.1, 0.15) is 38.5 Å². The van der Waals surface area contributed by atoms with Crippen molar-refractivity contribution in [3.05, 3.63) is 0 Å². The smallest absolute Gasteiger partial charge is 0.222 e. The van der Waals surface area contributed by atoms with Crippen LogP contribution in [0.4, 0.5) is 0 Å². The highest BCUT2D eigenvalue weighted by molar-refractivity contribution is 5.76. The second-order valence-corrected chi connectivity index (χ2v) is 5.08. The van der Waals surface area contributed by atoms with Gasteiger partial charge in [-0.1, -0.05) is 6.42 Å². The van der Waals surface area contributed by atoms with Crippen molar-refractivity contribution in [2.24, 2.45) is 17.6 Å². The third-order valence-corrected chi connectivity index (χ3v) is 3.89. The van der Waals surface area contributed by atoms with E-state index in [1.54, 1.807) is 0 Å². The summed E-state index contributed by atoms with van der Waals surface area (Å²) in [7, 11) is 0. The first kappa shape index (κ1) is 10.9. The zero-order valence-corrected chi connectivity index (χ0v) is 9.45. The molecule has 0 radical (unpaired) electrons. The highest BCUT2D eigenvalue weighted by Crippen LogP contribution is 2.30. The minimum absolute atomic E-state index is 0.373. The molecule has 1 amide bonds. The lowest BCUT2D eigenvalue weighted by Gasteiger charge is -2.34. The first-order valence-electron chi connectivity index (χ1n) is 6.27. The van der Waals surface area contributed by atoms with Crippen LogP contribution in [0.15, 0.2) is 0 Å². The average molecular weight is 210 g/mol. The molecule has 0 aromatic rings. The van der Waals surface area contributed by atoms with E-state index in [4.69, 9.17) is 5.73 Å². The van der Waals surface area contributed by atoms with Gasteiger partial charge in [-0.3, -0.25) is 4.79 Å². The number of carbonyl (C=O) groups is 1. The summed E-state index contributed by atoms with van der Waals surface area (Å²) in [6, 6.07) is 0. The van der Waals surface area contributed by atoms with Crippen LogP contribution in [-0.2, 0) is 4.79 Å². The van der Waals surface area contributed by atoms with Gasteiger partial charge in [-0.2, -0.15) is 0 Å². The molecule has 0 spiro atoms. The van der Waals surface area contributed by atoms with Crippen LogP contribution in [0.5, 0.6) is 0 Å². The van der Waals surface area contributed by atoms with Gasteiger partial charge in [0.15, 0.2) is 0 Å². The maximum Gasteiger partial charge on any atom is 0.222 e. The molecule has 1 heterocycles. The Labute approximate surface area is 92.0 Å². The first-order chi connectivity index (χ1) is 7.29. The summed E-state index contributed by atoms with van der Waals surface area (Å²) in [6.07, 6.45) is 6.97. The van der Waals surface area contributed by atoms with E-state index in [1.165, 1.54) is 25.7 Å². The second kappa shape index (κ2) is 4.97. The fraction of sp³-hybridized carbons (Fsp3) is 0.917. The van der Waals surface area contributed by atoms with Crippen LogP contribution >= 0.6 is 0 Å². The summed E-state index contributed by atoms with van der Waals surface area (Å²) in [6.45, 7) is 2.59. The van der Waals surface area contributed by atoms with Gasteiger partial charge in [0, 0.05) is 19.5 Å². The molecule has 15 heavy (non-hydrogen) atoms. The minimum Gasteiger partial charge on any atom is -0.342 e. The van der Waals surface area contributed by atoms with E-state index in [9.17, 15) is 4.79 Å². The van der Waals surface area contributed by atoms with Gasteiger partial charge >= 0.3 is 0 Å². The van der Waals surface area contributed by atoms with Crippen molar-refractivity contribution >= 4 is 5.91 Å². The van der Waals surface area contributed by atoms with E-state index in [-0.39, 0.29) is 0 Å². The van der Waals surface area contributed by atoms with Gasteiger partial charge < -0.3 is 10.6 Å². The van der Waals surface area contributed by atoms with Gasteiger partial charge in [-0.25, -0.2) is 0 Å². The molecule has 2 N–H and O–H groups in total. The van der Waals surface area contributed by atoms with Crippen molar-refractivity contribution in [1.29, 1.82) is 0 Å². The number of amides is 1. The third-order valence-electron chi connectivity index (χ3n) is 3.89. The van der Waals surface area contributed by atoms with Gasteiger partial charge in [-0.05, 0) is 44.1 Å². The Morgan fingerprint density at radius 1 is 1.20 bits per heavy atom. The first-order valence-corrected chi connectivity index (χ1v) is 6.27. The van der Waals surface area contributed by atoms with Crippen LogP contribution in [-0.4, -0.2) is 30.4 Å². The lowest BCUT2D eigenvalue weighted by Crippen LogP contribution is -2.42. The minimum atomic E-state index is 0.373. The molecular weight excluding hydrogens is 188 g/mol. The monoisotopic (exact) mass is 210 g/mol. The van der Waals surface area contributed by atoms with E-state index >= 15 is 0 Å². The van der Waals surface area contributed by atoms with E-state index < -0.39 is 0 Å². The van der Waals surface area contributed by atoms with Gasteiger partial charge in [0.1, 0.15) is 0 Å². The van der Waals surface area contributed by atoms with Crippen LogP contribution in [0.2, 0.25) is 0 Å². The Kier molecular flexibility index (Phi) is 3.62. The number of piperidine rings is 1. The SMILES string of the molecule is NCC1CCCN(C(=O)CC2CCC2)C1. The summed E-state index contributed by atoms with van der Waals surface area (Å²) in [5.41, 5.74) is 5.67. The normalized spacial score (nSPS) is 27.5. The number of carbonyl (C=O) groups excluding carboxylic acids is 1. The Morgan fingerprint density at radius 3 is 2.53 bits per heavy atom. The lowest BCUT2D eigenvalue weighted by atomic mass is 9.82. The molecule has 0 aromatic heterocycles. The number of nitrogens with two attached hydrogens (primary N) is 1. The van der Waals surface area contributed by atoms with Crippen molar-refractivity contribution in [3.63, 3.8) is 0 Å². The van der Waals surface area contributed by atoms with E-state index in [1.807, 2.05) is 4.90 Å². The third kappa shape index (κ3) is 2.71. The largest absolute Gasteiger partial charge is 0.342 e. The maximum atomic E-state index is 11.9. The molecule has 2 aliphatic rings. The molecule has 3 heteroatoms. The standard InChI is InChI=1S/C12H22N2O/c13-8-11-5-2-6-14(9-11)12(15)7-10-3-1-4-10/h10-11H,1-9,13H2. The molecule has 1 saturated carbocycles. The van der Waals surface area contributed by atoms with Crippen LogP contribution in [0.25, 0.3) is 0 Å². The molecule has 1 atom stereocenters. The summed E-state index contributed by atoms with van der Waals surface area (Å²) in [5, 5.41) is 0. The fourth-order valence-electron chi connectivity index (χ4n) is 2.56. The quantitative estimate of drug-likeness (QED) is 0.765. The fourth-order valence-corrected chi connectivity index (χ4v) is 2.56. The number of rotatable bonds is 3. The van der Waals surface area contributed by atoms with Crippen LogP contribution in [0.3, 0.4) is 0 Å². The molecule has 1 unspecified atom stereocenters. The zero-order chi connectivity index (χ0) is 10.7. The molecular formula is C12H22N2O. The number of hydrogen-bond donors (Lipinski definition) is 1. The van der Waals surface area contributed by atoms with Gasteiger partial charge in [-0.15, -0.1) is 0 Å². The average Bonchev–Trinajstić information content (AvgIpc) is 2.23. The Hall–Kier alpha value is -0.570. The van der Waals surface area contributed by atoms with Gasteiger partial charge in [0.25, 0.3) is 0 Å². The van der Waals surface area contributed by atoms with E-state index in [0.717, 1.165) is 32.5 Å². The van der Waals surface area contributed by atoms with Gasteiger partial charge in [0.05, 0.1) is 0 Å². The Morgan fingerprint density at radius 2 is 1.93 bits per heavy atom. The predicted octanol–water partition coefficient (Wildman–Crippen LogP) is 1.37. The topological polar surface area (TPSA) is 46.3 Å². The van der Waals surface area contributed by atoms with Crippen molar-refractivity contribution in [3.8, 4) is 0 Å². The zero-order valence-electron chi connectivity index (χ0n) is 9.45. The molecule has 0 bridgehead atoms. The van der Waals surface area contributed by atoms with E-state index in [0.29, 0.717) is 17.7 Å². The summed E-state index contributed by atoms with van der Waals surface area (Å²) in [5.74, 6) is 1.61. The summed E-state index contributed by atoms with van der Waals surface area (Å²) >= 11 is 0. The van der Waals surface area contributed by atoms with Crippen molar-refractivity contribution in [2.45, 2.75) is 38.5 Å². The summed E-state index contributed by atoms with van der Waals surface area (Å²) in [4.78, 5) is 14.0. The predicted molar refractivity (Wildman–Crippen MR) is 60.3 cm³/mol. The summed E-state index contributed by atoms with van der Waals surface area (Å²) < 4.78 is 0. The molecule has 1 saturated heterocycles. The molecule has 1 aliphatic heterocycles. The Bertz CT molecular complexity index is 226. The molecule has 3 nitrogen and oxygen atoms in total. The second-order valence-electron chi connectivity index (χ2n) is 5.08. The number of hydrogen-bond acceptors (Lipinski definition) is 2. The van der Waals surface area contributed by atoms with Crippen LogP contribution < -0.4 is 5.73 Å². The molecule has 1 aliphatic carbocycles. The van der Waals surface area contributed by atoms with E-state index in [2.05, 4.69) is 0 Å². The lowest BCUT2D eigenvalue weighted by molar-refractivity contribution is -0.134. The highest BCUT2D eigenvalue weighted by Gasteiger charge is 2.26. The highest BCUT2D eigenvalue weighted by atomic mass is 16.2. The maximum absolute atomic E-state index is 11.9. The molecule has 86 valence electrons. The van der Waals surface area contributed by atoms with Gasteiger partial charge in [0.2, 0.25) is 5.91 Å².